The van der Waals surface area contributed by atoms with Crippen LogP contribution in [-0.2, 0) is 6.54 Å². The van der Waals surface area contributed by atoms with Crippen molar-refractivity contribution in [2.24, 2.45) is 0 Å². The molecule has 0 aromatic carbocycles. The lowest BCUT2D eigenvalue weighted by Gasteiger charge is -2.14. The van der Waals surface area contributed by atoms with Gasteiger partial charge in [0.25, 0.3) is 0 Å². The largest absolute Gasteiger partial charge is 0.296 e. The van der Waals surface area contributed by atoms with Crippen molar-refractivity contribution in [2.75, 3.05) is 13.1 Å². The smallest absolute Gasteiger partial charge is 0.0959 e. The van der Waals surface area contributed by atoms with Gasteiger partial charge >= 0.3 is 0 Å². The molecule has 2 aromatic heterocycles. The van der Waals surface area contributed by atoms with Gasteiger partial charge in [-0.3, -0.25) is 9.58 Å². The SMILES string of the molecule is Cc1cnn(C2CCN(Cc3cnc(C4CC4)s3)C2)c1. The summed E-state index contributed by atoms with van der Waals surface area (Å²) in [6, 6.07) is 0.541. The number of aryl methyl sites for hydroxylation is 1. The van der Waals surface area contributed by atoms with Gasteiger partial charge in [-0.1, -0.05) is 0 Å². The fourth-order valence-electron chi connectivity index (χ4n) is 2.94. The highest BCUT2D eigenvalue weighted by Crippen LogP contribution is 2.42. The summed E-state index contributed by atoms with van der Waals surface area (Å²) in [6.07, 6.45) is 10.1. The Morgan fingerprint density at radius 2 is 2.20 bits per heavy atom. The molecule has 4 nitrogen and oxygen atoms in total. The quantitative estimate of drug-likeness (QED) is 0.867. The number of hydrogen-bond donors (Lipinski definition) is 0. The van der Waals surface area contributed by atoms with Gasteiger partial charge in [0.15, 0.2) is 0 Å². The molecule has 1 aliphatic carbocycles. The van der Waals surface area contributed by atoms with Crippen LogP contribution in [0.1, 0.15) is 46.7 Å². The number of thiazole rings is 1. The Bertz CT molecular complexity index is 599. The van der Waals surface area contributed by atoms with Crippen LogP contribution in [0, 0.1) is 6.92 Å². The molecule has 4 rings (SSSR count). The summed E-state index contributed by atoms with van der Waals surface area (Å²) >= 11 is 1.92. The van der Waals surface area contributed by atoms with Crippen molar-refractivity contribution in [2.45, 2.75) is 44.7 Å². The molecule has 1 unspecified atom stereocenters. The zero-order valence-corrected chi connectivity index (χ0v) is 12.6. The van der Waals surface area contributed by atoms with Gasteiger partial charge in [0.2, 0.25) is 0 Å². The Kier molecular flexibility index (Phi) is 3.11. The van der Waals surface area contributed by atoms with Crippen molar-refractivity contribution in [3.63, 3.8) is 0 Å². The summed E-state index contributed by atoms with van der Waals surface area (Å²) < 4.78 is 2.14. The van der Waals surface area contributed by atoms with Gasteiger partial charge in [-0.25, -0.2) is 4.98 Å². The number of nitrogens with zero attached hydrogens (tertiary/aromatic N) is 4. The van der Waals surface area contributed by atoms with Crippen LogP contribution in [0.2, 0.25) is 0 Å². The van der Waals surface area contributed by atoms with Crippen LogP contribution in [0.25, 0.3) is 0 Å². The predicted octanol–water partition coefficient (Wildman–Crippen LogP) is 2.97. The summed E-state index contributed by atoms with van der Waals surface area (Å²) in [5.74, 6) is 0.784. The number of aromatic nitrogens is 3. The fraction of sp³-hybridized carbons (Fsp3) is 0.600. The second-order valence-electron chi connectivity index (χ2n) is 6.11. The molecule has 3 heterocycles. The van der Waals surface area contributed by atoms with Gasteiger partial charge in [-0.15, -0.1) is 11.3 Å². The molecule has 0 radical (unpaired) electrons. The predicted molar refractivity (Wildman–Crippen MR) is 80.0 cm³/mol. The van der Waals surface area contributed by atoms with Gasteiger partial charge < -0.3 is 0 Å². The van der Waals surface area contributed by atoms with Crippen molar-refractivity contribution in [1.82, 2.24) is 19.7 Å². The highest BCUT2D eigenvalue weighted by atomic mass is 32.1. The van der Waals surface area contributed by atoms with Gasteiger partial charge in [0.1, 0.15) is 0 Å². The highest BCUT2D eigenvalue weighted by Gasteiger charge is 2.28. The van der Waals surface area contributed by atoms with Gasteiger partial charge in [0.05, 0.1) is 17.2 Å². The first kappa shape index (κ1) is 12.5. The van der Waals surface area contributed by atoms with Crippen LogP contribution >= 0.6 is 11.3 Å². The summed E-state index contributed by atoms with van der Waals surface area (Å²) in [6.45, 7) is 5.44. The number of likely N-dealkylation sites (tertiary alicyclic amines) is 1. The van der Waals surface area contributed by atoms with Crippen molar-refractivity contribution in [3.8, 4) is 0 Å². The molecule has 20 heavy (non-hydrogen) atoms. The van der Waals surface area contributed by atoms with Crippen LogP contribution in [0.3, 0.4) is 0 Å². The van der Waals surface area contributed by atoms with Crippen molar-refractivity contribution < 1.29 is 0 Å². The average Bonchev–Trinajstić information content (AvgIpc) is 2.86. The van der Waals surface area contributed by atoms with E-state index in [0.29, 0.717) is 6.04 Å². The van der Waals surface area contributed by atoms with Crippen LogP contribution in [-0.4, -0.2) is 32.8 Å². The summed E-state index contributed by atoms with van der Waals surface area (Å²) in [5, 5.41) is 5.81. The lowest BCUT2D eigenvalue weighted by Crippen LogP contribution is -2.20. The van der Waals surface area contributed by atoms with E-state index in [4.69, 9.17) is 0 Å². The monoisotopic (exact) mass is 288 g/mol. The first-order chi connectivity index (χ1) is 9.78. The maximum Gasteiger partial charge on any atom is 0.0959 e. The maximum absolute atomic E-state index is 4.58. The third-order valence-electron chi connectivity index (χ3n) is 4.23. The standard InChI is InChI=1S/C15H20N4S/c1-11-6-17-19(8-11)13-4-5-18(9-13)10-14-7-16-15(20-14)12-2-3-12/h6-8,12-13H,2-5,9-10H2,1H3. The fourth-order valence-corrected chi connectivity index (χ4v) is 4.07. The first-order valence-electron chi connectivity index (χ1n) is 7.45. The molecular weight excluding hydrogens is 268 g/mol. The molecular formula is C15H20N4S. The Labute approximate surface area is 123 Å². The molecule has 0 amide bonds. The highest BCUT2D eigenvalue weighted by molar-refractivity contribution is 7.11. The summed E-state index contributed by atoms with van der Waals surface area (Å²) in [4.78, 5) is 8.53. The lowest BCUT2D eigenvalue weighted by molar-refractivity contribution is 0.314. The average molecular weight is 288 g/mol. The van der Waals surface area contributed by atoms with E-state index in [1.165, 1.54) is 41.3 Å². The molecule has 5 heteroatoms. The molecule has 0 N–H and O–H groups in total. The van der Waals surface area contributed by atoms with E-state index < -0.39 is 0 Å². The molecule has 0 spiro atoms. The molecule has 1 saturated heterocycles. The van der Waals surface area contributed by atoms with E-state index in [1.54, 1.807) is 0 Å². The van der Waals surface area contributed by atoms with Crippen LogP contribution in [0.15, 0.2) is 18.6 Å². The Morgan fingerprint density at radius 3 is 2.95 bits per heavy atom. The normalized spacial score (nSPS) is 23.6. The topological polar surface area (TPSA) is 34.0 Å². The van der Waals surface area contributed by atoms with E-state index >= 15 is 0 Å². The molecule has 2 aromatic rings. The lowest BCUT2D eigenvalue weighted by atomic mass is 10.3. The van der Waals surface area contributed by atoms with Crippen molar-refractivity contribution >= 4 is 11.3 Å². The Hall–Kier alpha value is -1.20. The van der Waals surface area contributed by atoms with E-state index in [-0.39, 0.29) is 0 Å². The number of rotatable bonds is 4. The molecule has 1 aliphatic heterocycles. The van der Waals surface area contributed by atoms with E-state index in [2.05, 4.69) is 39.0 Å². The van der Waals surface area contributed by atoms with Gasteiger partial charge in [-0.05, 0) is 31.7 Å². The minimum absolute atomic E-state index is 0.541. The van der Waals surface area contributed by atoms with Crippen LogP contribution < -0.4 is 0 Å². The summed E-state index contributed by atoms with van der Waals surface area (Å²) in [5.41, 5.74) is 1.25. The third-order valence-corrected chi connectivity index (χ3v) is 5.37. The van der Waals surface area contributed by atoms with Crippen LogP contribution in [0.4, 0.5) is 0 Å². The van der Waals surface area contributed by atoms with E-state index in [0.717, 1.165) is 19.0 Å². The second-order valence-corrected chi connectivity index (χ2v) is 7.26. The van der Waals surface area contributed by atoms with E-state index in [9.17, 15) is 0 Å². The molecule has 106 valence electrons. The Morgan fingerprint density at radius 1 is 1.30 bits per heavy atom. The third kappa shape index (κ3) is 2.52. The van der Waals surface area contributed by atoms with Crippen molar-refractivity contribution in [3.05, 3.63) is 34.0 Å². The zero-order chi connectivity index (χ0) is 13.5. The van der Waals surface area contributed by atoms with Gasteiger partial charge in [0, 0.05) is 42.8 Å². The number of hydrogen-bond acceptors (Lipinski definition) is 4. The zero-order valence-electron chi connectivity index (χ0n) is 11.8. The second kappa shape index (κ2) is 4.97. The minimum Gasteiger partial charge on any atom is -0.296 e. The molecule has 1 saturated carbocycles. The minimum atomic E-state index is 0.541. The van der Waals surface area contributed by atoms with E-state index in [1.807, 2.05) is 17.5 Å². The summed E-state index contributed by atoms with van der Waals surface area (Å²) in [7, 11) is 0. The molecule has 2 fully saturated rings. The maximum atomic E-state index is 4.58. The molecule has 0 bridgehead atoms. The van der Waals surface area contributed by atoms with Crippen molar-refractivity contribution in [1.29, 1.82) is 0 Å². The first-order valence-corrected chi connectivity index (χ1v) is 8.27. The van der Waals surface area contributed by atoms with Gasteiger partial charge in [-0.2, -0.15) is 5.10 Å². The van der Waals surface area contributed by atoms with Crippen LogP contribution in [0.5, 0.6) is 0 Å². The molecule has 1 atom stereocenters. The molecule has 2 aliphatic rings. The Balaban J connectivity index is 1.38.